The first-order valence-electron chi connectivity index (χ1n) is 6.00. The first-order chi connectivity index (χ1) is 8.78. The summed E-state index contributed by atoms with van der Waals surface area (Å²) in [6.07, 6.45) is -0.187. The lowest BCUT2D eigenvalue weighted by atomic mass is 10.1. The smallest absolute Gasteiger partial charge is 0.407 e. The Balaban J connectivity index is 2.46. The Kier molecular flexibility index (Phi) is 5.35. The van der Waals surface area contributed by atoms with E-state index in [1.807, 2.05) is 17.5 Å². The van der Waals surface area contributed by atoms with E-state index in [1.54, 1.807) is 20.8 Å². The Bertz CT molecular complexity index is 422. The fourth-order valence-corrected chi connectivity index (χ4v) is 2.23. The van der Waals surface area contributed by atoms with Gasteiger partial charge in [-0.05, 0) is 38.6 Å². The van der Waals surface area contributed by atoms with E-state index < -0.39 is 23.6 Å². The number of carbonyl (C=O) groups excluding carboxylic acids is 1. The van der Waals surface area contributed by atoms with Crippen molar-refractivity contribution in [1.82, 2.24) is 5.32 Å². The highest BCUT2D eigenvalue weighted by Crippen LogP contribution is 2.15. The minimum Gasteiger partial charge on any atom is -0.481 e. The van der Waals surface area contributed by atoms with Crippen LogP contribution in [0.25, 0.3) is 0 Å². The number of aliphatic carboxylic acids is 1. The fourth-order valence-electron chi connectivity index (χ4n) is 1.44. The van der Waals surface area contributed by atoms with Gasteiger partial charge < -0.3 is 15.2 Å². The molecule has 19 heavy (non-hydrogen) atoms. The summed E-state index contributed by atoms with van der Waals surface area (Å²) >= 11 is 1.51. The number of amides is 1. The van der Waals surface area contributed by atoms with Gasteiger partial charge in [0.15, 0.2) is 0 Å². The van der Waals surface area contributed by atoms with Gasteiger partial charge in [0, 0.05) is 11.4 Å². The molecular formula is C13H19NO4S. The van der Waals surface area contributed by atoms with Crippen molar-refractivity contribution >= 4 is 23.4 Å². The van der Waals surface area contributed by atoms with Crippen LogP contribution < -0.4 is 5.32 Å². The van der Waals surface area contributed by atoms with Gasteiger partial charge in [-0.15, -0.1) is 11.3 Å². The highest BCUT2D eigenvalue weighted by Gasteiger charge is 2.21. The van der Waals surface area contributed by atoms with Crippen LogP contribution in [0, 0.1) is 5.92 Å². The van der Waals surface area contributed by atoms with Gasteiger partial charge in [0.2, 0.25) is 0 Å². The van der Waals surface area contributed by atoms with Crippen LogP contribution in [0.3, 0.4) is 0 Å². The number of hydrogen-bond donors (Lipinski definition) is 2. The number of thiophene rings is 1. The van der Waals surface area contributed by atoms with Crippen LogP contribution in [0.15, 0.2) is 17.5 Å². The monoisotopic (exact) mass is 285 g/mol. The lowest BCUT2D eigenvalue weighted by Gasteiger charge is -2.20. The predicted molar refractivity (Wildman–Crippen MR) is 73.4 cm³/mol. The molecule has 1 aromatic rings. The summed E-state index contributed by atoms with van der Waals surface area (Å²) in [4.78, 5) is 23.6. The first kappa shape index (κ1) is 15.5. The second-order valence-corrected chi connectivity index (χ2v) is 6.23. The standard InChI is InChI=1S/C13H19NO4S/c1-13(2,3)18-12(17)14-8-9(11(15)16)7-10-5-4-6-19-10/h4-6,9H,7-8H2,1-3H3,(H,14,17)(H,15,16)/t9-/m1/s1. The summed E-state index contributed by atoms with van der Waals surface area (Å²) in [5, 5.41) is 13.5. The predicted octanol–water partition coefficient (Wildman–Crippen LogP) is 2.52. The van der Waals surface area contributed by atoms with Gasteiger partial charge in [-0.2, -0.15) is 0 Å². The van der Waals surface area contributed by atoms with Gasteiger partial charge in [0.1, 0.15) is 5.60 Å². The van der Waals surface area contributed by atoms with E-state index in [9.17, 15) is 9.59 Å². The number of hydrogen-bond acceptors (Lipinski definition) is 4. The van der Waals surface area contributed by atoms with Gasteiger partial charge in [0.25, 0.3) is 0 Å². The van der Waals surface area contributed by atoms with E-state index in [2.05, 4.69) is 5.32 Å². The molecule has 1 rings (SSSR count). The average Bonchev–Trinajstić information content (AvgIpc) is 2.73. The van der Waals surface area contributed by atoms with Crippen molar-refractivity contribution < 1.29 is 19.4 Å². The van der Waals surface area contributed by atoms with Crippen molar-refractivity contribution in [3.8, 4) is 0 Å². The number of carboxylic acid groups (broad SMARTS) is 1. The van der Waals surface area contributed by atoms with Crippen LogP contribution >= 0.6 is 11.3 Å². The normalized spacial score (nSPS) is 12.8. The highest BCUT2D eigenvalue weighted by molar-refractivity contribution is 7.09. The molecule has 6 heteroatoms. The van der Waals surface area contributed by atoms with E-state index in [1.165, 1.54) is 11.3 Å². The summed E-state index contributed by atoms with van der Waals surface area (Å²) in [5.74, 6) is -1.57. The summed E-state index contributed by atoms with van der Waals surface area (Å²) in [5.41, 5.74) is -0.587. The fraction of sp³-hybridized carbons (Fsp3) is 0.538. The quantitative estimate of drug-likeness (QED) is 0.871. The molecule has 0 fully saturated rings. The third-order valence-corrected chi connectivity index (χ3v) is 3.17. The van der Waals surface area contributed by atoms with Crippen molar-refractivity contribution in [2.75, 3.05) is 6.54 Å². The summed E-state index contributed by atoms with van der Waals surface area (Å²) in [6.45, 7) is 5.33. The van der Waals surface area contributed by atoms with Gasteiger partial charge in [-0.1, -0.05) is 6.07 Å². The lowest BCUT2D eigenvalue weighted by Crippen LogP contribution is -2.37. The van der Waals surface area contributed by atoms with Crippen molar-refractivity contribution in [2.45, 2.75) is 32.8 Å². The van der Waals surface area contributed by atoms with E-state index in [-0.39, 0.29) is 6.54 Å². The number of carbonyl (C=O) groups is 2. The number of ether oxygens (including phenoxy) is 1. The largest absolute Gasteiger partial charge is 0.481 e. The molecule has 0 aliphatic rings. The van der Waals surface area contributed by atoms with E-state index in [4.69, 9.17) is 9.84 Å². The van der Waals surface area contributed by atoms with Crippen LogP contribution in [-0.4, -0.2) is 29.3 Å². The minimum absolute atomic E-state index is 0.0577. The zero-order chi connectivity index (χ0) is 14.5. The number of alkyl carbamates (subject to hydrolysis) is 1. The molecule has 0 bridgehead atoms. The van der Waals surface area contributed by atoms with Crippen molar-refractivity contribution in [3.63, 3.8) is 0 Å². The zero-order valence-electron chi connectivity index (χ0n) is 11.3. The second-order valence-electron chi connectivity index (χ2n) is 5.20. The molecule has 0 aromatic carbocycles. The number of rotatable bonds is 5. The van der Waals surface area contributed by atoms with Crippen molar-refractivity contribution in [3.05, 3.63) is 22.4 Å². The Morgan fingerprint density at radius 1 is 1.47 bits per heavy atom. The number of nitrogens with one attached hydrogen (secondary N) is 1. The summed E-state index contributed by atoms with van der Waals surface area (Å²) in [7, 11) is 0. The Hall–Kier alpha value is -1.56. The molecule has 1 amide bonds. The van der Waals surface area contributed by atoms with Gasteiger partial charge in [-0.25, -0.2) is 4.79 Å². The van der Waals surface area contributed by atoms with Gasteiger partial charge in [-0.3, -0.25) is 4.79 Å². The zero-order valence-corrected chi connectivity index (χ0v) is 12.1. The molecule has 0 radical (unpaired) electrons. The third-order valence-electron chi connectivity index (χ3n) is 2.27. The third kappa shape index (κ3) is 6.24. The van der Waals surface area contributed by atoms with E-state index in [0.717, 1.165) is 4.88 Å². The van der Waals surface area contributed by atoms with Crippen LogP contribution in [-0.2, 0) is 16.0 Å². The maximum absolute atomic E-state index is 11.5. The molecule has 0 saturated carbocycles. The van der Waals surface area contributed by atoms with Crippen LogP contribution in [0.2, 0.25) is 0 Å². The lowest BCUT2D eigenvalue weighted by molar-refractivity contribution is -0.141. The topological polar surface area (TPSA) is 75.6 Å². The molecule has 0 spiro atoms. The molecule has 0 aliphatic heterocycles. The molecule has 0 unspecified atom stereocenters. The summed E-state index contributed by atoms with van der Waals surface area (Å²) < 4.78 is 5.06. The van der Waals surface area contributed by atoms with E-state index >= 15 is 0 Å². The molecule has 1 heterocycles. The molecule has 2 N–H and O–H groups in total. The molecule has 106 valence electrons. The van der Waals surface area contributed by atoms with Crippen LogP contribution in [0.4, 0.5) is 4.79 Å². The molecular weight excluding hydrogens is 266 g/mol. The maximum atomic E-state index is 11.5. The molecule has 0 aliphatic carbocycles. The Morgan fingerprint density at radius 3 is 2.63 bits per heavy atom. The van der Waals surface area contributed by atoms with Gasteiger partial charge >= 0.3 is 12.1 Å². The highest BCUT2D eigenvalue weighted by atomic mass is 32.1. The van der Waals surface area contributed by atoms with Crippen molar-refractivity contribution in [2.24, 2.45) is 5.92 Å². The summed E-state index contributed by atoms with van der Waals surface area (Å²) in [6, 6.07) is 3.76. The Morgan fingerprint density at radius 2 is 2.16 bits per heavy atom. The van der Waals surface area contributed by atoms with Crippen molar-refractivity contribution in [1.29, 1.82) is 0 Å². The maximum Gasteiger partial charge on any atom is 0.407 e. The van der Waals surface area contributed by atoms with Crippen LogP contribution in [0.5, 0.6) is 0 Å². The molecule has 1 atom stereocenters. The molecule has 1 aromatic heterocycles. The molecule has 0 saturated heterocycles. The first-order valence-corrected chi connectivity index (χ1v) is 6.88. The van der Waals surface area contributed by atoms with E-state index in [0.29, 0.717) is 6.42 Å². The molecule has 5 nitrogen and oxygen atoms in total. The SMILES string of the molecule is CC(C)(C)OC(=O)NC[C@@H](Cc1cccs1)C(=O)O. The van der Waals surface area contributed by atoms with Crippen LogP contribution in [0.1, 0.15) is 25.6 Å². The Labute approximate surface area is 116 Å². The van der Waals surface area contributed by atoms with Gasteiger partial charge in [0.05, 0.1) is 5.92 Å². The minimum atomic E-state index is -0.926. The average molecular weight is 285 g/mol. The second kappa shape index (κ2) is 6.56. The number of carboxylic acids is 1.